The third-order valence-electron chi connectivity index (χ3n) is 2.69. The average Bonchev–Trinajstić information content (AvgIpc) is 2.94. The van der Waals surface area contributed by atoms with Crippen LogP contribution in [-0.4, -0.2) is 34.2 Å². The van der Waals surface area contributed by atoms with Crippen molar-refractivity contribution in [2.75, 3.05) is 6.54 Å². The van der Waals surface area contributed by atoms with Crippen LogP contribution in [0.3, 0.4) is 0 Å². The van der Waals surface area contributed by atoms with Gasteiger partial charge in [0.05, 0.1) is 12.2 Å². The zero-order valence-electron chi connectivity index (χ0n) is 11.5. The number of ether oxygens (including phenoxy) is 1. The zero-order valence-corrected chi connectivity index (χ0v) is 11.5. The van der Waals surface area contributed by atoms with E-state index in [9.17, 15) is 9.59 Å². The molecule has 21 heavy (non-hydrogen) atoms. The Kier molecular flexibility index (Phi) is 4.55. The molecule has 7 heteroatoms. The lowest BCUT2D eigenvalue weighted by atomic mass is 10.3. The maximum atomic E-state index is 11.7. The van der Waals surface area contributed by atoms with Crippen molar-refractivity contribution in [2.45, 2.75) is 13.0 Å². The van der Waals surface area contributed by atoms with Crippen molar-refractivity contribution in [3.63, 3.8) is 0 Å². The fourth-order valence-electron chi connectivity index (χ4n) is 1.65. The number of nitrogens with one attached hydrogen (secondary N) is 1. The summed E-state index contributed by atoms with van der Waals surface area (Å²) in [7, 11) is 0. The summed E-state index contributed by atoms with van der Waals surface area (Å²) in [6.45, 7) is 1.35. The molecule has 1 aromatic carbocycles. The molecule has 7 nitrogen and oxygen atoms in total. The van der Waals surface area contributed by atoms with E-state index in [1.807, 2.05) is 30.3 Å². The first-order valence-corrected chi connectivity index (χ1v) is 6.40. The Hall–Kier alpha value is -2.83. The lowest BCUT2D eigenvalue weighted by Gasteiger charge is -2.11. The van der Waals surface area contributed by atoms with Gasteiger partial charge in [0.15, 0.2) is 6.10 Å². The predicted octanol–water partition coefficient (Wildman–Crippen LogP) is 0.241. The lowest BCUT2D eigenvalue weighted by molar-refractivity contribution is -0.129. The fourth-order valence-corrected chi connectivity index (χ4v) is 1.65. The molecule has 0 spiro atoms. The number of hydrogen-bond acceptors (Lipinski definition) is 4. The largest absolute Gasteiger partial charge is 0.463 e. The Bertz CT molecular complexity index is 624. The van der Waals surface area contributed by atoms with Gasteiger partial charge in [0, 0.05) is 12.3 Å². The molecule has 0 fully saturated rings. The molecule has 0 bridgehead atoms. The maximum Gasteiger partial charge on any atom is 0.261 e. The molecule has 0 aliphatic heterocycles. The van der Waals surface area contributed by atoms with Crippen LogP contribution in [0.1, 0.15) is 6.92 Å². The van der Waals surface area contributed by atoms with Gasteiger partial charge in [-0.25, -0.2) is 4.68 Å². The van der Waals surface area contributed by atoms with Gasteiger partial charge in [-0.2, -0.15) is 0 Å². The first kappa shape index (κ1) is 14.6. The van der Waals surface area contributed by atoms with Crippen LogP contribution in [0.15, 0.2) is 42.6 Å². The topological polar surface area (TPSA) is 99.2 Å². The molecule has 0 saturated carbocycles. The number of aromatic nitrogens is 2. The quantitative estimate of drug-likeness (QED) is 0.795. The van der Waals surface area contributed by atoms with Crippen molar-refractivity contribution >= 4 is 11.8 Å². The number of primary amides is 1. The van der Waals surface area contributed by atoms with Gasteiger partial charge in [0.25, 0.3) is 5.91 Å². The van der Waals surface area contributed by atoms with E-state index >= 15 is 0 Å². The van der Waals surface area contributed by atoms with Crippen molar-refractivity contribution in [1.29, 1.82) is 0 Å². The second-order valence-corrected chi connectivity index (χ2v) is 4.38. The Balaban J connectivity index is 1.96. The zero-order chi connectivity index (χ0) is 15.2. The minimum absolute atomic E-state index is 0.217. The van der Waals surface area contributed by atoms with Crippen LogP contribution in [-0.2, 0) is 9.59 Å². The molecule has 0 aliphatic rings. The number of benzene rings is 1. The normalized spacial score (nSPS) is 11.7. The highest BCUT2D eigenvalue weighted by Crippen LogP contribution is 2.12. The molecule has 2 amide bonds. The summed E-state index contributed by atoms with van der Waals surface area (Å²) in [5.74, 6) is -0.715. The van der Waals surface area contributed by atoms with Crippen LogP contribution in [0.5, 0.6) is 5.88 Å². The van der Waals surface area contributed by atoms with Gasteiger partial charge in [-0.3, -0.25) is 9.59 Å². The number of rotatable bonds is 6. The van der Waals surface area contributed by atoms with Crippen molar-refractivity contribution in [3.05, 3.63) is 42.6 Å². The van der Waals surface area contributed by atoms with Gasteiger partial charge in [-0.1, -0.05) is 18.2 Å². The standard InChI is InChI=1S/C14H16N4O3/c1-10(14(20)16-9-12(15)19)21-13-7-8-18(17-13)11-5-3-2-4-6-11/h2-8,10H,9H2,1H3,(H2,15,19)(H,16,20). The molecule has 2 rings (SSSR count). The third-order valence-corrected chi connectivity index (χ3v) is 2.69. The van der Waals surface area contributed by atoms with Gasteiger partial charge in [-0.15, -0.1) is 5.10 Å². The van der Waals surface area contributed by atoms with E-state index in [1.165, 1.54) is 0 Å². The second kappa shape index (κ2) is 6.56. The number of hydrogen-bond donors (Lipinski definition) is 2. The Morgan fingerprint density at radius 2 is 2.05 bits per heavy atom. The minimum atomic E-state index is -0.775. The molecule has 1 aromatic heterocycles. The molecule has 2 aromatic rings. The summed E-state index contributed by atoms with van der Waals surface area (Å²) < 4.78 is 7.06. The maximum absolute atomic E-state index is 11.7. The van der Waals surface area contributed by atoms with E-state index < -0.39 is 17.9 Å². The first-order chi connectivity index (χ1) is 10.1. The highest BCUT2D eigenvalue weighted by Gasteiger charge is 2.16. The van der Waals surface area contributed by atoms with Gasteiger partial charge >= 0.3 is 0 Å². The monoisotopic (exact) mass is 288 g/mol. The van der Waals surface area contributed by atoms with E-state index in [-0.39, 0.29) is 6.54 Å². The molecular weight excluding hydrogens is 272 g/mol. The molecule has 1 unspecified atom stereocenters. The van der Waals surface area contributed by atoms with E-state index in [4.69, 9.17) is 10.5 Å². The van der Waals surface area contributed by atoms with E-state index in [0.717, 1.165) is 5.69 Å². The number of carbonyl (C=O) groups excluding carboxylic acids is 2. The third kappa shape index (κ3) is 4.07. The summed E-state index contributed by atoms with van der Waals surface area (Å²) >= 11 is 0. The summed E-state index contributed by atoms with van der Waals surface area (Å²) in [6, 6.07) is 11.2. The van der Waals surface area contributed by atoms with Crippen molar-refractivity contribution in [2.24, 2.45) is 5.73 Å². The fraction of sp³-hybridized carbons (Fsp3) is 0.214. The van der Waals surface area contributed by atoms with Crippen LogP contribution in [0.4, 0.5) is 0 Å². The van der Waals surface area contributed by atoms with Crippen LogP contribution in [0, 0.1) is 0 Å². The second-order valence-electron chi connectivity index (χ2n) is 4.38. The average molecular weight is 288 g/mol. The van der Waals surface area contributed by atoms with Crippen LogP contribution in [0.2, 0.25) is 0 Å². The predicted molar refractivity (Wildman–Crippen MR) is 75.9 cm³/mol. The molecule has 110 valence electrons. The Morgan fingerprint density at radius 1 is 1.33 bits per heavy atom. The number of amides is 2. The highest BCUT2D eigenvalue weighted by molar-refractivity contribution is 5.86. The van der Waals surface area contributed by atoms with Gasteiger partial charge in [-0.05, 0) is 19.1 Å². The molecule has 1 heterocycles. The smallest absolute Gasteiger partial charge is 0.261 e. The van der Waals surface area contributed by atoms with Gasteiger partial charge in [0.2, 0.25) is 11.8 Å². The Labute approximate surface area is 121 Å². The van der Waals surface area contributed by atoms with Crippen molar-refractivity contribution < 1.29 is 14.3 Å². The summed E-state index contributed by atoms with van der Waals surface area (Å²) in [6.07, 6.45) is 0.960. The number of carbonyl (C=O) groups is 2. The molecular formula is C14H16N4O3. The van der Waals surface area contributed by atoms with Crippen LogP contribution < -0.4 is 15.8 Å². The minimum Gasteiger partial charge on any atom is -0.463 e. The van der Waals surface area contributed by atoms with E-state index in [0.29, 0.717) is 5.88 Å². The molecule has 0 radical (unpaired) electrons. The lowest BCUT2D eigenvalue weighted by Crippen LogP contribution is -2.40. The van der Waals surface area contributed by atoms with Crippen LogP contribution in [0.25, 0.3) is 5.69 Å². The number of para-hydroxylation sites is 1. The molecule has 0 aliphatic carbocycles. The number of nitrogens with two attached hydrogens (primary N) is 1. The summed E-state index contributed by atoms with van der Waals surface area (Å²) in [4.78, 5) is 22.2. The SMILES string of the molecule is CC(Oc1ccn(-c2ccccc2)n1)C(=O)NCC(N)=O. The highest BCUT2D eigenvalue weighted by atomic mass is 16.5. The first-order valence-electron chi connectivity index (χ1n) is 6.40. The Morgan fingerprint density at radius 3 is 2.71 bits per heavy atom. The summed E-state index contributed by atoms with van der Waals surface area (Å²) in [5.41, 5.74) is 5.84. The van der Waals surface area contributed by atoms with Crippen molar-refractivity contribution in [3.8, 4) is 11.6 Å². The molecule has 1 atom stereocenters. The van der Waals surface area contributed by atoms with Crippen molar-refractivity contribution in [1.82, 2.24) is 15.1 Å². The van der Waals surface area contributed by atoms with Gasteiger partial charge in [0.1, 0.15) is 0 Å². The van der Waals surface area contributed by atoms with E-state index in [2.05, 4.69) is 10.4 Å². The van der Waals surface area contributed by atoms with E-state index in [1.54, 1.807) is 23.9 Å². The van der Waals surface area contributed by atoms with Gasteiger partial charge < -0.3 is 15.8 Å². The van der Waals surface area contributed by atoms with Crippen LogP contribution >= 0.6 is 0 Å². The number of nitrogens with zero attached hydrogens (tertiary/aromatic N) is 2. The summed E-state index contributed by atoms with van der Waals surface area (Å²) in [5, 5.41) is 6.59. The molecule has 0 saturated heterocycles. The molecule has 3 N–H and O–H groups in total.